The van der Waals surface area contributed by atoms with E-state index >= 15 is 0 Å². The average molecular weight is 419 g/mol. The third-order valence-electron chi connectivity index (χ3n) is 5.11. The normalized spacial score (nSPS) is 11.0. The van der Waals surface area contributed by atoms with Crippen LogP contribution in [0.25, 0.3) is 22.1 Å². The number of fused-ring (bicyclic) bond motifs is 1. The zero-order valence-corrected chi connectivity index (χ0v) is 18.3. The standard InChI is InChI=1S/C25H25NO5/c1-6-29-19-10-8-17(13-20(19)28-5)22-23-21(12-16(4)30-25(23)27)31-24(22)26-18-9-7-14(2)11-15(18)3/h7-13,26H,6H2,1-5H3. The molecule has 6 heteroatoms. The van der Waals surface area contributed by atoms with E-state index in [4.69, 9.17) is 18.3 Å². The SMILES string of the molecule is CCOc1ccc(-c2c(Nc3ccc(C)cc3C)oc3cc(C)oc(=O)c23)cc1OC. The van der Waals surface area contributed by atoms with Gasteiger partial charge in [0.25, 0.3) is 0 Å². The molecule has 0 bridgehead atoms. The fraction of sp³-hybridized carbons (Fsp3) is 0.240. The molecule has 160 valence electrons. The molecule has 0 aliphatic carbocycles. The lowest BCUT2D eigenvalue weighted by atomic mass is 10.0. The number of rotatable bonds is 6. The quantitative estimate of drug-likeness (QED) is 0.405. The number of nitrogens with one attached hydrogen (secondary N) is 1. The van der Waals surface area contributed by atoms with Gasteiger partial charge < -0.3 is 23.6 Å². The van der Waals surface area contributed by atoms with E-state index < -0.39 is 5.63 Å². The number of aryl methyl sites for hydroxylation is 3. The minimum atomic E-state index is -0.449. The maximum Gasteiger partial charge on any atom is 0.347 e. The summed E-state index contributed by atoms with van der Waals surface area (Å²) in [5.74, 6) is 2.15. The first-order valence-electron chi connectivity index (χ1n) is 10.1. The van der Waals surface area contributed by atoms with Crippen LogP contribution in [0.5, 0.6) is 11.5 Å². The highest BCUT2D eigenvalue weighted by molar-refractivity contribution is 6.00. The highest BCUT2D eigenvalue weighted by atomic mass is 16.5. The molecule has 2 aromatic carbocycles. The molecule has 1 N–H and O–H groups in total. The molecule has 4 aromatic rings. The van der Waals surface area contributed by atoms with Crippen molar-refractivity contribution in [2.75, 3.05) is 19.0 Å². The second-order valence-electron chi connectivity index (χ2n) is 7.43. The molecule has 0 spiro atoms. The van der Waals surface area contributed by atoms with Gasteiger partial charge in [0.05, 0.1) is 19.3 Å². The van der Waals surface area contributed by atoms with Gasteiger partial charge in [-0.1, -0.05) is 23.8 Å². The fourth-order valence-corrected chi connectivity index (χ4v) is 3.70. The Labute approximate surface area is 180 Å². The summed E-state index contributed by atoms with van der Waals surface area (Å²) in [4.78, 5) is 12.8. The third-order valence-corrected chi connectivity index (χ3v) is 5.11. The van der Waals surface area contributed by atoms with E-state index in [0.29, 0.717) is 46.3 Å². The van der Waals surface area contributed by atoms with E-state index in [1.165, 1.54) is 5.56 Å². The van der Waals surface area contributed by atoms with Crippen LogP contribution in [0.15, 0.2) is 56.1 Å². The molecular formula is C25H25NO5. The Hall–Kier alpha value is -3.67. The molecule has 2 heterocycles. The molecule has 2 aromatic heterocycles. The van der Waals surface area contributed by atoms with Gasteiger partial charge in [-0.25, -0.2) is 4.79 Å². The Morgan fingerprint density at radius 3 is 2.48 bits per heavy atom. The van der Waals surface area contributed by atoms with Crippen molar-refractivity contribution in [2.45, 2.75) is 27.7 Å². The van der Waals surface area contributed by atoms with Crippen LogP contribution in [0.4, 0.5) is 11.6 Å². The summed E-state index contributed by atoms with van der Waals surface area (Å²) in [6.07, 6.45) is 0. The van der Waals surface area contributed by atoms with Crippen LogP contribution in [0.3, 0.4) is 0 Å². The number of hydrogen-bond donors (Lipinski definition) is 1. The largest absolute Gasteiger partial charge is 0.493 e. The smallest absolute Gasteiger partial charge is 0.347 e. The van der Waals surface area contributed by atoms with Gasteiger partial charge in [-0.15, -0.1) is 0 Å². The third kappa shape index (κ3) is 3.89. The van der Waals surface area contributed by atoms with Gasteiger partial charge in [0.15, 0.2) is 11.5 Å². The van der Waals surface area contributed by atoms with E-state index in [1.54, 1.807) is 20.1 Å². The summed E-state index contributed by atoms with van der Waals surface area (Å²) in [6, 6.07) is 13.4. The van der Waals surface area contributed by atoms with Crippen LogP contribution in [-0.4, -0.2) is 13.7 Å². The zero-order chi connectivity index (χ0) is 22.1. The van der Waals surface area contributed by atoms with Gasteiger partial charge in [-0.3, -0.25) is 0 Å². The van der Waals surface area contributed by atoms with Gasteiger partial charge >= 0.3 is 5.63 Å². The number of ether oxygens (including phenoxy) is 2. The van der Waals surface area contributed by atoms with Crippen molar-refractivity contribution in [3.8, 4) is 22.6 Å². The zero-order valence-electron chi connectivity index (χ0n) is 18.3. The number of benzene rings is 2. The molecule has 0 aliphatic rings. The van der Waals surface area contributed by atoms with Crippen molar-refractivity contribution in [1.82, 2.24) is 0 Å². The minimum Gasteiger partial charge on any atom is -0.493 e. The van der Waals surface area contributed by atoms with Crippen LogP contribution in [0, 0.1) is 20.8 Å². The van der Waals surface area contributed by atoms with Gasteiger partial charge in [-0.05, 0) is 57.0 Å². The van der Waals surface area contributed by atoms with Crippen LogP contribution in [0.2, 0.25) is 0 Å². The molecule has 0 unspecified atom stereocenters. The van der Waals surface area contributed by atoms with Crippen LogP contribution in [-0.2, 0) is 0 Å². The van der Waals surface area contributed by atoms with Gasteiger partial charge in [0.1, 0.15) is 16.7 Å². The summed E-state index contributed by atoms with van der Waals surface area (Å²) in [6.45, 7) is 8.23. The van der Waals surface area contributed by atoms with Gasteiger partial charge in [-0.2, -0.15) is 0 Å². The number of hydrogen-bond acceptors (Lipinski definition) is 6. The molecule has 0 radical (unpaired) electrons. The second-order valence-corrected chi connectivity index (χ2v) is 7.43. The van der Waals surface area contributed by atoms with Crippen molar-refractivity contribution in [1.29, 1.82) is 0 Å². The number of methoxy groups -OCH3 is 1. The summed E-state index contributed by atoms with van der Waals surface area (Å²) < 4.78 is 22.6. The van der Waals surface area contributed by atoms with E-state index in [2.05, 4.69) is 11.4 Å². The topological polar surface area (TPSA) is 73.8 Å². The lowest BCUT2D eigenvalue weighted by Gasteiger charge is -2.13. The Kier molecular flexibility index (Phi) is 5.46. The van der Waals surface area contributed by atoms with Gasteiger partial charge in [0.2, 0.25) is 5.88 Å². The number of anilines is 2. The lowest BCUT2D eigenvalue weighted by Crippen LogP contribution is -2.01. The second kappa shape index (κ2) is 8.22. The highest BCUT2D eigenvalue weighted by Crippen LogP contribution is 2.42. The van der Waals surface area contributed by atoms with E-state index in [-0.39, 0.29) is 0 Å². The van der Waals surface area contributed by atoms with Gasteiger partial charge in [0, 0.05) is 11.8 Å². The van der Waals surface area contributed by atoms with Crippen molar-refractivity contribution in [2.24, 2.45) is 0 Å². The van der Waals surface area contributed by atoms with E-state index in [1.807, 2.05) is 51.1 Å². The van der Waals surface area contributed by atoms with Crippen LogP contribution < -0.4 is 20.4 Å². The van der Waals surface area contributed by atoms with Crippen molar-refractivity contribution in [3.05, 3.63) is 69.8 Å². The summed E-state index contributed by atoms with van der Waals surface area (Å²) in [5, 5.41) is 3.74. The number of furan rings is 1. The fourth-order valence-electron chi connectivity index (χ4n) is 3.70. The van der Waals surface area contributed by atoms with Crippen molar-refractivity contribution in [3.63, 3.8) is 0 Å². The molecular weight excluding hydrogens is 394 g/mol. The maximum atomic E-state index is 12.8. The highest BCUT2D eigenvalue weighted by Gasteiger charge is 2.22. The first-order chi connectivity index (χ1) is 14.9. The Morgan fingerprint density at radius 1 is 0.968 bits per heavy atom. The Bertz CT molecular complexity index is 1320. The predicted octanol–water partition coefficient (Wildman–Crippen LogP) is 6.13. The predicted molar refractivity (Wildman–Crippen MR) is 122 cm³/mol. The average Bonchev–Trinajstić information content (AvgIpc) is 3.08. The molecule has 0 aliphatic heterocycles. The molecule has 0 atom stereocenters. The van der Waals surface area contributed by atoms with Crippen LogP contribution in [0.1, 0.15) is 23.8 Å². The van der Waals surface area contributed by atoms with E-state index in [0.717, 1.165) is 16.8 Å². The molecule has 0 amide bonds. The lowest BCUT2D eigenvalue weighted by molar-refractivity contribution is 0.311. The Balaban J connectivity index is 1.94. The maximum absolute atomic E-state index is 12.8. The summed E-state index contributed by atoms with van der Waals surface area (Å²) in [7, 11) is 1.58. The molecule has 6 nitrogen and oxygen atoms in total. The monoisotopic (exact) mass is 419 g/mol. The van der Waals surface area contributed by atoms with Crippen LogP contribution >= 0.6 is 0 Å². The first-order valence-corrected chi connectivity index (χ1v) is 10.1. The summed E-state index contributed by atoms with van der Waals surface area (Å²) >= 11 is 0. The Morgan fingerprint density at radius 2 is 1.77 bits per heavy atom. The molecule has 4 rings (SSSR count). The molecule has 0 saturated carbocycles. The molecule has 0 fully saturated rings. The van der Waals surface area contributed by atoms with Crippen molar-refractivity contribution < 1.29 is 18.3 Å². The minimum absolute atomic E-state index is 0.379. The first kappa shape index (κ1) is 20.6. The molecule has 31 heavy (non-hydrogen) atoms. The van der Waals surface area contributed by atoms with Crippen molar-refractivity contribution >= 4 is 22.5 Å². The molecule has 0 saturated heterocycles. The summed E-state index contributed by atoms with van der Waals surface area (Å²) in [5.41, 5.74) is 4.51. The van der Waals surface area contributed by atoms with E-state index in [9.17, 15) is 4.79 Å².